The Morgan fingerprint density at radius 1 is 1.58 bits per heavy atom. The van der Waals surface area contributed by atoms with E-state index in [-0.39, 0.29) is 5.91 Å². The van der Waals surface area contributed by atoms with Gasteiger partial charge in [0.25, 0.3) is 5.91 Å². The van der Waals surface area contributed by atoms with Crippen LogP contribution in [0.4, 0.5) is 5.95 Å². The second kappa shape index (κ2) is 5.97. The zero-order valence-electron chi connectivity index (χ0n) is 11.6. The van der Waals surface area contributed by atoms with Gasteiger partial charge in [-0.1, -0.05) is 0 Å². The normalized spacial score (nSPS) is 18.4. The lowest BCUT2D eigenvalue weighted by Gasteiger charge is -2.20. The van der Waals surface area contributed by atoms with Crippen LogP contribution in [-0.4, -0.2) is 54.6 Å². The van der Waals surface area contributed by atoms with Crippen molar-refractivity contribution < 1.29 is 9.53 Å². The molecule has 0 aromatic carbocycles. The van der Waals surface area contributed by atoms with Gasteiger partial charge in [-0.15, -0.1) is 0 Å². The molecule has 0 bridgehead atoms. The molecule has 0 spiro atoms. The van der Waals surface area contributed by atoms with Crippen LogP contribution in [0.5, 0.6) is 0 Å². The predicted molar refractivity (Wildman–Crippen MR) is 72.2 cm³/mol. The van der Waals surface area contributed by atoms with Crippen LogP contribution >= 0.6 is 0 Å². The third-order valence-electron chi connectivity index (χ3n) is 3.20. The smallest absolute Gasteiger partial charge is 0.272 e. The van der Waals surface area contributed by atoms with Gasteiger partial charge in [0.2, 0.25) is 5.95 Å². The average molecular weight is 264 g/mol. The number of aryl methyl sites for hydroxylation is 1. The van der Waals surface area contributed by atoms with Gasteiger partial charge in [-0.25, -0.2) is 9.97 Å². The van der Waals surface area contributed by atoms with Gasteiger partial charge >= 0.3 is 0 Å². The number of carbonyl (C=O) groups excluding carboxylic acids is 1. The van der Waals surface area contributed by atoms with Crippen LogP contribution in [0.15, 0.2) is 6.07 Å². The zero-order chi connectivity index (χ0) is 13.8. The Morgan fingerprint density at radius 3 is 3.00 bits per heavy atom. The van der Waals surface area contributed by atoms with Crippen molar-refractivity contribution in [1.29, 1.82) is 0 Å². The van der Waals surface area contributed by atoms with Crippen molar-refractivity contribution in [2.24, 2.45) is 5.92 Å². The molecular formula is C13H20N4O2. The van der Waals surface area contributed by atoms with Gasteiger partial charge in [-0.05, 0) is 19.4 Å². The highest BCUT2D eigenvalue weighted by Gasteiger charge is 2.22. The summed E-state index contributed by atoms with van der Waals surface area (Å²) in [4.78, 5) is 22.4. The van der Waals surface area contributed by atoms with Crippen LogP contribution < -0.4 is 5.32 Å². The zero-order valence-corrected chi connectivity index (χ0v) is 11.6. The molecule has 104 valence electrons. The van der Waals surface area contributed by atoms with E-state index >= 15 is 0 Å². The van der Waals surface area contributed by atoms with Gasteiger partial charge in [-0.2, -0.15) is 0 Å². The molecule has 1 aromatic heterocycles. The first-order valence-corrected chi connectivity index (χ1v) is 6.47. The summed E-state index contributed by atoms with van der Waals surface area (Å²) in [7, 11) is 3.54. The molecule has 1 aliphatic heterocycles. The first-order chi connectivity index (χ1) is 9.10. The highest BCUT2D eigenvalue weighted by atomic mass is 16.5. The van der Waals surface area contributed by atoms with Crippen LogP contribution in [0.25, 0.3) is 0 Å². The number of ether oxygens (including phenoxy) is 1. The van der Waals surface area contributed by atoms with E-state index in [4.69, 9.17) is 4.74 Å². The number of aromatic nitrogens is 2. The topological polar surface area (TPSA) is 67.4 Å². The van der Waals surface area contributed by atoms with Crippen molar-refractivity contribution in [2.75, 3.05) is 39.2 Å². The van der Waals surface area contributed by atoms with Gasteiger partial charge in [0.05, 0.1) is 6.61 Å². The molecule has 1 saturated heterocycles. The van der Waals surface area contributed by atoms with Crippen LogP contribution in [0.2, 0.25) is 0 Å². The highest BCUT2D eigenvalue weighted by molar-refractivity contribution is 5.92. The minimum absolute atomic E-state index is 0.0751. The number of carbonyl (C=O) groups is 1. The number of anilines is 1. The molecule has 1 aromatic rings. The Kier molecular flexibility index (Phi) is 4.31. The molecule has 0 aliphatic carbocycles. The lowest BCUT2D eigenvalue weighted by molar-refractivity contribution is 0.0760. The third kappa shape index (κ3) is 3.41. The van der Waals surface area contributed by atoms with Gasteiger partial charge in [0, 0.05) is 38.9 Å². The van der Waals surface area contributed by atoms with Crippen LogP contribution in [0, 0.1) is 12.8 Å². The van der Waals surface area contributed by atoms with Gasteiger partial charge in [0.1, 0.15) is 5.69 Å². The summed E-state index contributed by atoms with van der Waals surface area (Å²) in [6, 6.07) is 1.71. The molecule has 1 atom stereocenters. The number of nitrogens with one attached hydrogen (secondary N) is 1. The maximum absolute atomic E-state index is 12.3. The van der Waals surface area contributed by atoms with E-state index in [1.54, 1.807) is 25.1 Å². The lowest BCUT2D eigenvalue weighted by Crippen LogP contribution is -2.32. The summed E-state index contributed by atoms with van der Waals surface area (Å²) >= 11 is 0. The summed E-state index contributed by atoms with van der Waals surface area (Å²) in [5.41, 5.74) is 1.21. The molecule has 19 heavy (non-hydrogen) atoms. The maximum Gasteiger partial charge on any atom is 0.272 e. The number of hydrogen-bond acceptors (Lipinski definition) is 5. The molecule has 1 amide bonds. The standard InChI is InChI=1S/C13H20N4O2/c1-9-6-11(16-13(14-2)15-9)12(18)17(3)7-10-4-5-19-8-10/h6,10H,4-5,7-8H2,1-3H3,(H,14,15,16). The highest BCUT2D eigenvalue weighted by Crippen LogP contribution is 2.15. The predicted octanol–water partition coefficient (Wildman–Crippen LogP) is 0.935. The Labute approximate surface area is 113 Å². The number of rotatable bonds is 4. The van der Waals surface area contributed by atoms with Gasteiger partial charge in [-0.3, -0.25) is 4.79 Å². The number of hydrogen-bond donors (Lipinski definition) is 1. The molecule has 6 nitrogen and oxygen atoms in total. The van der Waals surface area contributed by atoms with E-state index in [1.807, 2.05) is 6.92 Å². The maximum atomic E-state index is 12.3. The molecule has 1 aliphatic rings. The lowest BCUT2D eigenvalue weighted by atomic mass is 10.1. The molecule has 0 radical (unpaired) electrons. The largest absolute Gasteiger partial charge is 0.381 e. The summed E-state index contributed by atoms with van der Waals surface area (Å²) < 4.78 is 5.33. The Hall–Kier alpha value is -1.69. The molecule has 1 fully saturated rings. The summed E-state index contributed by atoms with van der Waals surface area (Å²) in [6.45, 7) is 4.09. The first-order valence-electron chi connectivity index (χ1n) is 6.47. The van der Waals surface area contributed by atoms with E-state index in [0.717, 1.165) is 25.3 Å². The Morgan fingerprint density at radius 2 is 2.37 bits per heavy atom. The van der Waals surface area contributed by atoms with Crippen LogP contribution in [0.3, 0.4) is 0 Å². The van der Waals surface area contributed by atoms with E-state index in [9.17, 15) is 4.79 Å². The van der Waals surface area contributed by atoms with Crippen molar-refractivity contribution in [1.82, 2.24) is 14.9 Å². The van der Waals surface area contributed by atoms with E-state index in [0.29, 0.717) is 24.1 Å². The van der Waals surface area contributed by atoms with Crippen LogP contribution in [0.1, 0.15) is 22.6 Å². The molecule has 2 heterocycles. The Bertz CT molecular complexity index is 458. The summed E-state index contributed by atoms with van der Waals surface area (Å²) in [6.07, 6.45) is 1.02. The third-order valence-corrected chi connectivity index (χ3v) is 3.20. The fraction of sp³-hybridized carbons (Fsp3) is 0.615. The van der Waals surface area contributed by atoms with Crippen molar-refractivity contribution in [2.45, 2.75) is 13.3 Å². The van der Waals surface area contributed by atoms with Crippen molar-refractivity contribution >= 4 is 11.9 Å². The monoisotopic (exact) mass is 264 g/mol. The molecule has 2 rings (SSSR count). The first kappa shape index (κ1) is 13.7. The fourth-order valence-electron chi connectivity index (χ4n) is 2.18. The SMILES string of the molecule is CNc1nc(C)cc(C(=O)N(C)CC2CCOC2)n1. The molecule has 0 saturated carbocycles. The van der Waals surface area contributed by atoms with E-state index < -0.39 is 0 Å². The second-order valence-electron chi connectivity index (χ2n) is 4.88. The van der Waals surface area contributed by atoms with Gasteiger partial charge in [0.15, 0.2) is 0 Å². The van der Waals surface area contributed by atoms with E-state index in [2.05, 4.69) is 15.3 Å². The minimum Gasteiger partial charge on any atom is -0.381 e. The second-order valence-corrected chi connectivity index (χ2v) is 4.88. The van der Waals surface area contributed by atoms with Crippen LogP contribution in [-0.2, 0) is 4.74 Å². The van der Waals surface area contributed by atoms with Crippen molar-refractivity contribution in [3.63, 3.8) is 0 Å². The minimum atomic E-state index is -0.0751. The average Bonchev–Trinajstić information content (AvgIpc) is 2.89. The number of amides is 1. The van der Waals surface area contributed by atoms with Crippen molar-refractivity contribution in [3.8, 4) is 0 Å². The van der Waals surface area contributed by atoms with E-state index in [1.165, 1.54) is 0 Å². The molecule has 1 N–H and O–H groups in total. The molecular weight excluding hydrogens is 244 g/mol. The van der Waals surface area contributed by atoms with Gasteiger partial charge < -0.3 is 15.0 Å². The summed E-state index contributed by atoms with van der Waals surface area (Å²) in [5.74, 6) is 0.829. The van der Waals surface area contributed by atoms with Crippen molar-refractivity contribution in [3.05, 3.63) is 17.5 Å². The fourth-order valence-corrected chi connectivity index (χ4v) is 2.18. The quantitative estimate of drug-likeness (QED) is 0.876. The summed E-state index contributed by atoms with van der Waals surface area (Å²) in [5, 5.41) is 2.86. The Balaban J connectivity index is 2.07. The molecule has 1 unspecified atom stereocenters. The number of nitrogens with zero attached hydrogens (tertiary/aromatic N) is 3. The molecule has 6 heteroatoms.